The Balaban J connectivity index is 1.90. The molecule has 0 spiro atoms. The lowest BCUT2D eigenvalue weighted by atomic mass is 9.95. The Bertz CT molecular complexity index is 965. The van der Waals surface area contributed by atoms with Crippen LogP contribution in [0.1, 0.15) is 43.9 Å². The molecule has 1 saturated heterocycles. The van der Waals surface area contributed by atoms with Crippen LogP contribution in [0, 0.1) is 11.3 Å². The predicted molar refractivity (Wildman–Crippen MR) is 106 cm³/mol. The standard InChI is InChI=1S/C21H23N5O2/c1-3-28-21(27)17-14(2)23-19-16(13-22)20(25-11-7-8-12-25)24-26(19)18(17)15-9-5-4-6-10-15/h4-6,9-10,18,23H,3,7-8,11-12H2,1-2H3/t18-/m0/s1. The number of aromatic nitrogens is 2. The number of allylic oxidation sites excluding steroid dienone is 1. The fourth-order valence-corrected chi connectivity index (χ4v) is 3.97. The molecule has 1 aromatic heterocycles. The van der Waals surface area contributed by atoms with E-state index in [1.165, 1.54) is 0 Å². The van der Waals surface area contributed by atoms with Crippen LogP contribution in [0.2, 0.25) is 0 Å². The van der Waals surface area contributed by atoms with Crippen LogP contribution in [0.3, 0.4) is 0 Å². The van der Waals surface area contributed by atoms with Crippen LogP contribution in [-0.2, 0) is 9.53 Å². The first-order valence-electron chi connectivity index (χ1n) is 9.63. The first kappa shape index (κ1) is 18.1. The molecule has 4 rings (SSSR count). The van der Waals surface area contributed by atoms with Crippen molar-refractivity contribution in [1.82, 2.24) is 9.78 Å². The number of rotatable bonds is 4. The number of nitrogens with one attached hydrogen (secondary N) is 1. The number of carbonyl (C=O) groups excluding carboxylic acids is 1. The predicted octanol–water partition coefficient (Wildman–Crippen LogP) is 3.21. The average Bonchev–Trinajstić information content (AvgIpc) is 3.35. The zero-order chi connectivity index (χ0) is 19.7. The molecule has 1 fully saturated rings. The van der Waals surface area contributed by atoms with Crippen LogP contribution in [-0.4, -0.2) is 35.4 Å². The molecule has 2 aromatic rings. The molecular formula is C21H23N5O2. The van der Waals surface area contributed by atoms with Crippen molar-refractivity contribution < 1.29 is 9.53 Å². The van der Waals surface area contributed by atoms with Gasteiger partial charge in [0.1, 0.15) is 23.5 Å². The van der Waals surface area contributed by atoms with Gasteiger partial charge >= 0.3 is 5.97 Å². The summed E-state index contributed by atoms with van der Waals surface area (Å²) in [4.78, 5) is 14.9. The van der Waals surface area contributed by atoms with Crippen molar-refractivity contribution in [1.29, 1.82) is 5.26 Å². The highest BCUT2D eigenvalue weighted by molar-refractivity contribution is 5.93. The first-order chi connectivity index (χ1) is 13.7. The van der Waals surface area contributed by atoms with E-state index in [4.69, 9.17) is 9.84 Å². The van der Waals surface area contributed by atoms with Crippen molar-refractivity contribution in [3.8, 4) is 6.07 Å². The van der Waals surface area contributed by atoms with Crippen molar-refractivity contribution in [2.45, 2.75) is 32.7 Å². The van der Waals surface area contributed by atoms with E-state index in [-0.39, 0.29) is 5.97 Å². The molecule has 28 heavy (non-hydrogen) atoms. The summed E-state index contributed by atoms with van der Waals surface area (Å²) in [5, 5.41) is 17.9. The third-order valence-electron chi connectivity index (χ3n) is 5.25. The van der Waals surface area contributed by atoms with Gasteiger partial charge in [0.15, 0.2) is 5.82 Å². The fraction of sp³-hybridized carbons (Fsp3) is 0.381. The molecule has 0 amide bonds. The summed E-state index contributed by atoms with van der Waals surface area (Å²) in [5.74, 6) is 0.939. The second kappa shape index (κ2) is 7.39. The largest absolute Gasteiger partial charge is 0.463 e. The van der Waals surface area contributed by atoms with Gasteiger partial charge in [0.05, 0.1) is 12.2 Å². The van der Waals surface area contributed by atoms with E-state index in [0.717, 1.165) is 31.5 Å². The van der Waals surface area contributed by atoms with E-state index < -0.39 is 6.04 Å². The summed E-state index contributed by atoms with van der Waals surface area (Å²) in [6.45, 7) is 5.71. The van der Waals surface area contributed by atoms with Gasteiger partial charge < -0.3 is 15.0 Å². The maximum absolute atomic E-state index is 12.8. The van der Waals surface area contributed by atoms with E-state index >= 15 is 0 Å². The van der Waals surface area contributed by atoms with E-state index in [2.05, 4.69) is 16.3 Å². The van der Waals surface area contributed by atoms with Crippen molar-refractivity contribution in [3.63, 3.8) is 0 Å². The number of ether oxygens (including phenoxy) is 1. The molecule has 7 heteroatoms. The molecule has 1 atom stereocenters. The highest BCUT2D eigenvalue weighted by atomic mass is 16.5. The molecule has 2 aliphatic heterocycles. The van der Waals surface area contributed by atoms with E-state index in [0.29, 0.717) is 35.1 Å². The van der Waals surface area contributed by atoms with Crippen LogP contribution in [0.4, 0.5) is 11.6 Å². The Hall–Kier alpha value is -3.27. The van der Waals surface area contributed by atoms with E-state index in [1.54, 1.807) is 11.6 Å². The lowest BCUT2D eigenvalue weighted by Gasteiger charge is -2.29. The molecule has 1 aromatic carbocycles. The lowest BCUT2D eigenvalue weighted by Crippen LogP contribution is -2.29. The summed E-state index contributed by atoms with van der Waals surface area (Å²) in [6.07, 6.45) is 2.18. The average molecular weight is 377 g/mol. The normalized spacial score (nSPS) is 18.5. The van der Waals surface area contributed by atoms with Gasteiger partial charge in [-0.2, -0.15) is 10.4 Å². The summed E-state index contributed by atoms with van der Waals surface area (Å²) >= 11 is 0. The Morgan fingerprint density at radius 1 is 1.32 bits per heavy atom. The zero-order valence-corrected chi connectivity index (χ0v) is 16.1. The number of fused-ring (bicyclic) bond motifs is 1. The van der Waals surface area contributed by atoms with Crippen LogP contribution in [0.15, 0.2) is 41.6 Å². The van der Waals surface area contributed by atoms with Gasteiger partial charge in [-0.3, -0.25) is 0 Å². The molecule has 3 heterocycles. The van der Waals surface area contributed by atoms with Gasteiger partial charge in [-0.1, -0.05) is 30.3 Å². The Kier molecular flexibility index (Phi) is 4.78. The van der Waals surface area contributed by atoms with Gasteiger partial charge in [-0.25, -0.2) is 9.48 Å². The number of esters is 1. The van der Waals surface area contributed by atoms with Crippen LogP contribution >= 0.6 is 0 Å². The summed E-state index contributed by atoms with van der Waals surface area (Å²) < 4.78 is 7.09. The van der Waals surface area contributed by atoms with Gasteiger partial charge in [-0.05, 0) is 32.3 Å². The summed E-state index contributed by atoms with van der Waals surface area (Å²) in [7, 11) is 0. The van der Waals surface area contributed by atoms with Gasteiger partial charge in [0.25, 0.3) is 0 Å². The molecule has 1 N–H and O–H groups in total. The molecular weight excluding hydrogens is 354 g/mol. The highest BCUT2D eigenvalue weighted by Gasteiger charge is 2.37. The van der Waals surface area contributed by atoms with Crippen molar-refractivity contribution in [2.75, 3.05) is 29.9 Å². The highest BCUT2D eigenvalue weighted by Crippen LogP contribution is 2.41. The van der Waals surface area contributed by atoms with Crippen molar-refractivity contribution in [3.05, 3.63) is 52.7 Å². The van der Waals surface area contributed by atoms with E-state index in [1.807, 2.05) is 37.3 Å². The number of carbonyl (C=O) groups is 1. The maximum atomic E-state index is 12.8. The molecule has 0 radical (unpaired) electrons. The number of nitriles is 1. The van der Waals surface area contributed by atoms with Gasteiger partial charge in [0, 0.05) is 18.8 Å². The molecule has 144 valence electrons. The number of hydrogen-bond acceptors (Lipinski definition) is 6. The SMILES string of the molecule is CCOC(=O)C1=C(C)Nc2c(C#N)c(N3CCCC3)nn2[C@H]1c1ccccc1. The quantitative estimate of drug-likeness (QED) is 0.824. The van der Waals surface area contributed by atoms with Crippen LogP contribution in [0.5, 0.6) is 0 Å². The Morgan fingerprint density at radius 3 is 2.68 bits per heavy atom. The summed E-state index contributed by atoms with van der Waals surface area (Å²) in [5.41, 5.74) is 2.64. The molecule has 7 nitrogen and oxygen atoms in total. The maximum Gasteiger partial charge on any atom is 0.338 e. The second-order valence-corrected chi connectivity index (χ2v) is 7.00. The van der Waals surface area contributed by atoms with Crippen LogP contribution in [0.25, 0.3) is 0 Å². The second-order valence-electron chi connectivity index (χ2n) is 7.00. The minimum Gasteiger partial charge on any atom is -0.463 e. The first-order valence-corrected chi connectivity index (χ1v) is 9.63. The number of benzene rings is 1. The van der Waals surface area contributed by atoms with Gasteiger partial charge in [-0.15, -0.1) is 0 Å². The number of hydrogen-bond donors (Lipinski definition) is 1. The number of nitrogens with zero attached hydrogens (tertiary/aromatic N) is 4. The Morgan fingerprint density at radius 2 is 2.04 bits per heavy atom. The molecule has 0 aliphatic carbocycles. The number of anilines is 2. The minimum atomic E-state index is -0.444. The minimum absolute atomic E-state index is 0.297. The topological polar surface area (TPSA) is 83.2 Å². The van der Waals surface area contributed by atoms with Crippen molar-refractivity contribution >= 4 is 17.6 Å². The van der Waals surface area contributed by atoms with Crippen molar-refractivity contribution in [2.24, 2.45) is 0 Å². The molecule has 2 aliphatic rings. The molecule has 0 bridgehead atoms. The molecule has 0 saturated carbocycles. The third-order valence-corrected chi connectivity index (χ3v) is 5.25. The Labute approximate surface area is 164 Å². The fourth-order valence-electron chi connectivity index (χ4n) is 3.97. The van der Waals surface area contributed by atoms with E-state index in [9.17, 15) is 10.1 Å². The monoisotopic (exact) mass is 377 g/mol. The third kappa shape index (κ3) is 2.91. The zero-order valence-electron chi connectivity index (χ0n) is 16.1. The van der Waals surface area contributed by atoms with Crippen LogP contribution < -0.4 is 10.2 Å². The smallest absolute Gasteiger partial charge is 0.338 e. The van der Waals surface area contributed by atoms with Gasteiger partial charge in [0.2, 0.25) is 0 Å². The lowest BCUT2D eigenvalue weighted by molar-refractivity contribution is -0.139. The summed E-state index contributed by atoms with van der Waals surface area (Å²) in [6, 6.07) is 11.6. The molecule has 0 unspecified atom stereocenters.